The van der Waals surface area contributed by atoms with Gasteiger partial charge in [-0.05, 0) is 13.0 Å². The molecule has 0 radical (unpaired) electrons. The smallest absolute Gasteiger partial charge is 0.109 e. The first kappa shape index (κ1) is 14.8. The summed E-state index contributed by atoms with van der Waals surface area (Å²) in [7, 11) is 0. The van der Waals surface area contributed by atoms with Crippen LogP contribution in [0.3, 0.4) is 0 Å². The lowest BCUT2D eigenvalue weighted by Gasteiger charge is -2.48. The van der Waals surface area contributed by atoms with Gasteiger partial charge in [0.25, 0.3) is 0 Å². The van der Waals surface area contributed by atoms with E-state index in [9.17, 15) is 25.5 Å². The number of nitrogens with zero attached hydrogens (tertiary/aromatic N) is 1. The summed E-state index contributed by atoms with van der Waals surface area (Å²) in [4.78, 5) is 1.69. The van der Waals surface area contributed by atoms with Crippen LogP contribution in [0, 0.1) is 0 Å². The fourth-order valence-corrected chi connectivity index (χ4v) is 2.39. The molecule has 0 spiro atoms. The first-order valence-corrected chi connectivity index (χ1v) is 6.10. The summed E-state index contributed by atoms with van der Waals surface area (Å²) in [5.41, 5.74) is 0. The maximum absolute atomic E-state index is 9.80. The normalized spacial score (nSPS) is 39.5. The van der Waals surface area contributed by atoms with Crippen LogP contribution in [0.15, 0.2) is 0 Å². The van der Waals surface area contributed by atoms with E-state index in [0.717, 1.165) is 12.8 Å². The lowest BCUT2D eigenvalue weighted by atomic mass is 9.88. The van der Waals surface area contributed by atoms with E-state index >= 15 is 0 Å². The van der Waals surface area contributed by atoms with Gasteiger partial charge < -0.3 is 25.5 Å². The van der Waals surface area contributed by atoms with Crippen molar-refractivity contribution < 1.29 is 25.5 Å². The van der Waals surface area contributed by atoms with Crippen LogP contribution in [0.1, 0.15) is 19.8 Å². The molecule has 5 atom stereocenters. The Hall–Kier alpha value is -0.240. The van der Waals surface area contributed by atoms with Gasteiger partial charge in [0.2, 0.25) is 0 Å². The highest BCUT2D eigenvalue weighted by Gasteiger charge is 2.46. The number of aliphatic hydroxyl groups excluding tert-OH is 5. The standard InChI is InChI=1S/C11H23NO5/c1-2-3-4-12-7(5-13)9(15)11(17)10(16)8(12)6-14/h7-11,13-17H,2-6H2,1H3/t7-,8+,9-,10-,11?/m0/s1. The zero-order valence-corrected chi connectivity index (χ0v) is 10.1. The van der Waals surface area contributed by atoms with Gasteiger partial charge in [-0.1, -0.05) is 13.3 Å². The molecule has 1 heterocycles. The monoisotopic (exact) mass is 249 g/mol. The van der Waals surface area contributed by atoms with Gasteiger partial charge in [0.1, 0.15) is 18.3 Å². The number of unbranched alkanes of at least 4 members (excludes halogenated alkanes) is 1. The highest BCUT2D eigenvalue weighted by molar-refractivity contribution is 4.99. The lowest BCUT2D eigenvalue weighted by molar-refractivity contribution is -0.177. The molecule has 0 aliphatic carbocycles. The van der Waals surface area contributed by atoms with Gasteiger partial charge in [-0.2, -0.15) is 0 Å². The van der Waals surface area contributed by atoms with Crippen molar-refractivity contribution in [3.63, 3.8) is 0 Å². The topological polar surface area (TPSA) is 104 Å². The van der Waals surface area contributed by atoms with Gasteiger partial charge in [-0.15, -0.1) is 0 Å². The Morgan fingerprint density at radius 2 is 1.35 bits per heavy atom. The average Bonchev–Trinajstić information content (AvgIpc) is 2.34. The van der Waals surface area contributed by atoms with Crippen molar-refractivity contribution in [3.05, 3.63) is 0 Å². The largest absolute Gasteiger partial charge is 0.395 e. The van der Waals surface area contributed by atoms with Crippen LogP contribution in [0.25, 0.3) is 0 Å². The Morgan fingerprint density at radius 1 is 0.882 bits per heavy atom. The Balaban J connectivity index is 2.84. The zero-order chi connectivity index (χ0) is 13.0. The Kier molecular flexibility index (Phi) is 5.78. The lowest BCUT2D eigenvalue weighted by Crippen LogP contribution is -2.68. The molecule has 6 heteroatoms. The molecule has 0 aromatic rings. The molecule has 0 bridgehead atoms. The van der Waals surface area contributed by atoms with Gasteiger partial charge in [0.15, 0.2) is 0 Å². The molecule has 1 rings (SSSR count). The molecule has 102 valence electrons. The number of hydrogen-bond donors (Lipinski definition) is 5. The second-order valence-corrected chi connectivity index (χ2v) is 4.56. The number of piperidine rings is 1. The molecule has 1 aliphatic rings. The van der Waals surface area contributed by atoms with Gasteiger partial charge in [0.05, 0.1) is 25.3 Å². The molecule has 1 saturated heterocycles. The third-order valence-corrected chi connectivity index (χ3v) is 3.48. The van der Waals surface area contributed by atoms with E-state index in [1.165, 1.54) is 0 Å². The summed E-state index contributed by atoms with van der Waals surface area (Å²) in [5.74, 6) is 0. The third-order valence-electron chi connectivity index (χ3n) is 3.48. The molecule has 1 fully saturated rings. The fourth-order valence-electron chi connectivity index (χ4n) is 2.39. The number of aliphatic hydroxyl groups is 5. The van der Waals surface area contributed by atoms with Gasteiger partial charge >= 0.3 is 0 Å². The average molecular weight is 249 g/mol. The molecule has 1 aliphatic heterocycles. The van der Waals surface area contributed by atoms with Gasteiger partial charge in [-0.3, -0.25) is 4.90 Å². The molecule has 0 aromatic heterocycles. The van der Waals surface area contributed by atoms with E-state index in [4.69, 9.17) is 0 Å². The number of rotatable bonds is 5. The molecule has 1 unspecified atom stereocenters. The second-order valence-electron chi connectivity index (χ2n) is 4.56. The maximum atomic E-state index is 9.80. The summed E-state index contributed by atoms with van der Waals surface area (Å²) >= 11 is 0. The van der Waals surface area contributed by atoms with Crippen LogP contribution in [-0.4, -0.2) is 80.6 Å². The van der Waals surface area contributed by atoms with Crippen molar-refractivity contribution in [1.82, 2.24) is 4.90 Å². The second kappa shape index (κ2) is 6.63. The number of hydrogen-bond acceptors (Lipinski definition) is 6. The highest BCUT2D eigenvalue weighted by Crippen LogP contribution is 2.24. The van der Waals surface area contributed by atoms with E-state index in [2.05, 4.69) is 0 Å². The van der Waals surface area contributed by atoms with Crippen LogP contribution >= 0.6 is 0 Å². The summed E-state index contributed by atoms with van der Waals surface area (Å²) in [6, 6.07) is -1.28. The van der Waals surface area contributed by atoms with Gasteiger partial charge in [0, 0.05) is 0 Å². The first-order valence-electron chi connectivity index (χ1n) is 6.10. The van der Waals surface area contributed by atoms with Gasteiger partial charge in [-0.25, -0.2) is 0 Å². The molecule has 17 heavy (non-hydrogen) atoms. The van der Waals surface area contributed by atoms with Crippen molar-refractivity contribution in [2.75, 3.05) is 19.8 Å². The molecule has 0 saturated carbocycles. The third kappa shape index (κ3) is 2.96. The molecule has 5 N–H and O–H groups in total. The summed E-state index contributed by atoms with van der Waals surface area (Å²) in [5, 5.41) is 47.8. The summed E-state index contributed by atoms with van der Waals surface area (Å²) in [6.07, 6.45) is -1.96. The summed E-state index contributed by atoms with van der Waals surface area (Å²) in [6.45, 7) is 1.94. The zero-order valence-electron chi connectivity index (χ0n) is 10.1. The quantitative estimate of drug-likeness (QED) is 0.382. The van der Waals surface area contributed by atoms with Crippen molar-refractivity contribution in [3.8, 4) is 0 Å². The molecule has 0 aromatic carbocycles. The van der Waals surface area contributed by atoms with E-state index in [-0.39, 0.29) is 13.2 Å². The Bertz CT molecular complexity index is 210. The van der Waals surface area contributed by atoms with Crippen LogP contribution < -0.4 is 0 Å². The minimum absolute atomic E-state index is 0.314. The molecule has 6 nitrogen and oxygen atoms in total. The van der Waals surface area contributed by atoms with Crippen LogP contribution in [-0.2, 0) is 0 Å². The van der Waals surface area contributed by atoms with E-state index < -0.39 is 30.4 Å². The molecular weight excluding hydrogens is 226 g/mol. The predicted molar refractivity (Wildman–Crippen MR) is 61.4 cm³/mol. The maximum Gasteiger partial charge on any atom is 0.109 e. The number of likely N-dealkylation sites (tertiary alicyclic amines) is 1. The molecular formula is C11H23NO5. The van der Waals surface area contributed by atoms with Crippen molar-refractivity contribution in [2.45, 2.75) is 50.2 Å². The molecule has 0 amide bonds. The highest BCUT2D eigenvalue weighted by atomic mass is 16.4. The van der Waals surface area contributed by atoms with Crippen molar-refractivity contribution >= 4 is 0 Å². The van der Waals surface area contributed by atoms with E-state index in [1.54, 1.807) is 4.90 Å². The van der Waals surface area contributed by atoms with Crippen molar-refractivity contribution in [1.29, 1.82) is 0 Å². The minimum atomic E-state index is -1.33. The van der Waals surface area contributed by atoms with Crippen molar-refractivity contribution in [2.24, 2.45) is 0 Å². The Labute approximate surface area is 101 Å². The minimum Gasteiger partial charge on any atom is -0.395 e. The predicted octanol–water partition coefficient (Wildman–Crippen LogP) is -2.09. The van der Waals surface area contributed by atoms with Crippen LogP contribution in [0.2, 0.25) is 0 Å². The first-order chi connectivity index (χ1) is 8.08. The summed E-state index contributed by atoms with van der Waals surface area (Å²) < 4.78 is 0. The SMILES string of the molecule is CCCCN1[C@H](CO)[C@H](O)C(O)[C@@H](O)[C@@H]1CO. The van der Waals surface area contributed by atoms with Crippen LogP contribution in [0.5, 0.6) is 0 Å². The van der Waals surface area contributed by atoms with E-state index in [1.807, 2.05) is 6.92 Å². The van der Waals surface area contributed by atoms with E-state index in [0.29, 0.717) is 6.54 Å². The Morgan fingerprint density at radius 3 is 1.71 bits per heavy atom. The fraction of sp³-hybridized carbons (Fsp3) is 1.00. The van der Waals surface area contributed by atoms with Crippen LogP contribution in [0.4, 0.5) is 0 Å².